The lowest BCUT2D eigenvalue weighted by Gasteiger charge is -2.30. The molecule has 0 spiro atoms. The van der Waals surface area contributed by atoms with E-state index in [0.717, 1.165) is 13.0 Å². The lowest BCUT2D eigenvalue weighted by atomic mass is 10.1. The molecule has 1 aliphatic rings. The minimum absolute atomic E-state index is 0.0132. The molecular formula is C15H21NO. The topological polar surface area (TPSA) is 20.3 Å². The zero-order valence-corrected chi connectivity index (χ0v) is 10.8. The van der Waals surface area contributed by atoms with Crippen LogP contribution in [-0.2, 0) is 11.2 Å². The number of benzene rings is 1. The van der Waals surface area contributed by atoms with Crippen LogP contribution in [0.5, 0.6) is 0 Å². The summed E-state index contributed by atoms with van der Waals surface area (Å²) in [5, 5.41) is 0. The van der Waals surface area contributed by atoms with E-state index in [4.69, 9.17) is 0 Å². The molecule has 0 aromatic heterocycles. The maximum atomic E-state index is 11.9. The van der Waals surface area contributed by atoms with Crippen LogP contribution in [0.15, 0.2) is 24.3 Å². The number of hydrogen-bond donors (Lipinski definition) is 0. The Labute approximate surface area is 104 Å². The average molecular weight is 231 g/mol. The zero-order valence-electron chi connectivity index (χ0n) is 10.8. The average Bonchev–Trinajstić information content (AvgIpc) is 2.59. The predicted molar refractivity (Wildman–Crippen MR) is 71.5 cm³/mol. The summed E-state index contributed by atoms with van der Waals surface area (Å²) in [5.74, 6) is 0.335. The van der Waals surface area contributed by atoms with Crippen molar-refractivity contribution in [1.29, 1.82) is 0 Å². The summed E-state index contributed by atoms with van der Waals surface area (Å²) in [6, 6.07) is 8.52. The first kappa shape index (κ1) is 12.2. The van der Waals surface area contributed by atoms with E-state index >= 15 is 0 Å². The first-order valence-corrected chi connectivity index (χ1v) is 6.61. The highest BCUT2D eigenvalue weighted by Crippen LogP contribution is 2.28. The van der Waals surface area contributed by atoms with Gasteiger partial charge in [0.05, 0.1) is 6.04 Å². The van der Waals surface area contributed by atoms with E-state index in [0.29, 0.717) is 12.2 Å². The Hall–Kier alpha value is -1.31. The molecule has 0 aliphatic carbocycles. The van der Waals surface area contributed by atoms with Crippen LogP contribution >= 0.6 is 0 Å². The number of rotatable bonds is 3. The summed E-state index contributed by atoms with van der Waals surface area (Å²) in [4.78, 5) is 14.2. The summed E-state index contributed by atoms with van der Waals surface area (Å²) in [7, 11) is 0. The maximum absolute atomic E-state index is 11.9. The molecule has 1 aromatic rings. The van der Waals surface area contributed by atoms with E-state index in [2.05, 4.69) is 29.2 Å². The van der Waals surface area contributed by atoms with E-state index in [1.807, 2.05) is 13.8 Å². The number of para-hydroxylation sites is 1. The van der Waals surface area contributed by atoms with Gasteiger partial charge in [0, 0.05) is 18.7 Å². The summed E-state index contributed by atoms with van der Waals surface area (Å²) >= 11 is 0. The molecule has 92 valence electrons. The van der Waals surface area contributed by atoms with E-state index in [1.54, 1.807) is 0 Å². The molecular weight excluding hydrogens is 210 g/mol. The Balaban J connectivity index is 2.31. The molecule has 0 bridgehead atoms. The molecule has 2 heteroatoms. The molecule has 2 nitrogen and oxygen atoms in total. The minimum atomic E-state index is 0.0132. The lowest BCUT2D eigenvalue weighted by Crippen LogP contribution is -2.39. The van der Waals surface area contributed by atoms with Crippen molar-refractivity contribution in [3.63, 3.8) is 0 Å². The number of fused-ring (bicyclic) bond motifs is 1. The van der Waals surface area contributed by atoms with E-state index in [1.165, 1.54) is 24.1 Å². The maximum Gasteiger partial charge on any atom is 0.154 e. The summed E-state index contributed by atoms with van der Waals surface area (Å²) in [5.41, 5.74) is 2.65. The fraction of sp³-hybridized carbons (Fsp3) is 0.533. The molecule has 1 atom stereocenters. The molecule has 17 heavy (non-hydrogen) atoms. The van der Waals surface area contributed by atoms with Crippen LogP contribution in [0.4, 0.5) is 5.69 Å². The van der Waals surface area contributed by atoms with Gasteiger partial charge in [0.1, 0.15) is 0 Å². The Kier molecular flexibility index (Phi) is 3.82. The predicted octanol–water partition coefficient (Wildman–Crippen LogP) is 3.20. The number of hydrogen-bond acceptors (Lipinski definition) is 2. The number of aryl methyl sites for hydroxylation is 1. The molecule has 0 saturated heterocycles. The largest absolute Gasteiger partial charge is 0.362 e. The number of anilines is 1. The van der Waals surface area contributed by atoms with E-state index in [9.17, 15) is 4.79 Å². The van der Waals surface area contributed by atoms with Crippen LogP contribution in [0, 0.1) is 0 Å². The highest BCUT2D eigenvalue weighted by molar-refractivity contribution is 5.86. The Morgan fingerprint density at radius 2 is 2.12 bits per heavy atom. The van der Waals surface area contributed by atoms with Gasteiger partial charge < -0.3 is 4.90 Å². The van der Waals surface area contributed by atoms with Gasteiger partial charge in [0.15, 0.2) is 5.78 Å². The quantitative estimate of drug-likeness (QED) is 0.796. The van der Waals surface area contributed by atoms with Crippen LogP contribution in [0.2, 0.25) is 0 Å². The molecule has 1 heterocycles. The van der Waals surface area contributed by atoms with Gasteiger partial charge >= 0.3 is 0 Å². The SMILES string of the molecule is CCC(=O)C(C)N1CCCCc2ccccc21. The zero-order chi connectivity index (χ0) is 12.3. The van der Waals surface area contributed by atoms with Gasteiger partial charge in [-0.2, -0.15) is 0 Å². The third kappa shape index (κ3) is 2.51. The van der Waals surface area contributed by atoms with Crippen LogP contribution in [-0.4, -0.2) is 18.4 Å². The van der Waals surface area contributed by atoms with Gasteiger partial charge in [-0.25, -0.2) is 0 Å². The van der Waals surface area contributed by atoms with Crippen molar-refractivity contribution in [1.82, 2.24) is 0 Å². The second kappa shape index (κ2) is 5.35. The van der Waals surface area contributed by atoms with Crippen LogP contribution in [0.1, 0.15) is 38.7 Å². The Morgan fingerprint density at radius 1 is 1.35 bits per heavy atom. The highest BCUT2D eigenvalue weighted by atomic mass is 16.1. The number of ketones is 1. The molecule has 1 unspecified atom stereocenters. The molecule has 0 amide bonds. The Bertz CT molecular complexity index is 400. The summed E-state index contributed by atoms with van der Waals surface area (Å²) in [6.07, 6.45) is 4.16. The van der Waals surface area contributed by atoms with Gasteiger partial charge in [-0.1, -0.05) is 25.1 Å². The van der Waals surface area contributed by atoms with Crippen LogP contribution < -0.4 is 4.90 Å². The fourth-order valence-corrected chi connectivity index (χ4v) is 2.59. The lowest BCUT2D eigenvalue weighted by molar-refractivity contribution is -0.119. The van der Waals surface area contributed by atoms with Gasteiger partial charge in [-0.15, -0.1) is 0 Å². The number of Topliss-reactive ketones (excluding diaryl/α,β-unsaturated/α-hetero) is 1. The summed E-state index contributed by atoms with van der Waals surface area (Å²) < 4.78 is 0. The standard InChI is InChI=1S/C15H21NO/c1-3-15(17)12(2)16-11-7-6-9-13-8-4-5-10-14(13)16/h4-5,8,10,12H,3,6-7,9,11H2,1-2H3. The smallest absolute Gasteiger partial charge is 0.154 e. The first-order valence-electron chi connectivity index (χ1n) is 6.61. The summed E-state index contributed by atoms with van der Waals surface area (Å²) in [6.45, 7) is 4.99. The van der Waals surface area contributed by atoms with Gasteiger partial charge in [-0.05, 0) is 37.8 Å². The number of carbonyl (C=O) groups excluding carboxylic acids is 1. The van der Waals surface area contributed by atoms with Crippen molar-refractivity contribution in [2.45, 2.75) is 45.6 Å². The first-order chi connectivity index (χ1) is 8.24. The van der Waals surface area contributed by atoms with Crippen molar-refractivity contribution >= 4 is 11.5 Å². The minimum Gasteiger partial charge on any atom is -0.362 e. The molecule has 1 aromatic carbocycles. The molecule has 0 fully saturated rings. The van der Waals surface area contributed by atoms with E-state index in [-0.39, 0.29) is 6.04 Å². The molecule has 1 aliphatic heterocycles. The van der Waals surface area contributed by atoms with E-state index < -0.39 is 0 Å². The molecule has 2 rings (SSSR count). The monoisotopic (exact) mass is 231 g/mol. The van der Waals surface area contributed by atoms with Crippen LogP contribution in [0.3, 0.4) is 0 Å². The van der Waals surface area contributed by atoms with Gasteiger partial charge in [-0.3, -0.25) is 4.79 Å². The second-order valence-corrected chi connectivity index (χ2v) is 4.78. The normalized spacial score (nSPS) is 17.2. The van der Waals surface area contributed by atoms with Crippen molar-refractivity contribution in [2.24, 2.45) is 0 Å². The number of nitrogens with zero attached hydrogens (tertiary/aromatic N) is 1. The van der Waals surface area contributed by atoms with Crippen molar-refractivity contribution < 1.29 is 4.79 Å². The molecule has 0 saturated carbocycles. The highest BCUT2D eigenvalue weighted by Gasteiger charge is 2.23. The van der Waals surface area contributed by atoms with Crippen molar-refractivity contribution in [2.75, 3.05) is 11.4 Å². The third-order valence-electron chi connectivity index (χ3n) is 3.68. The fourth-order valence-electron chi connectivity index (χ4n) is 2.59. The molecule has 0 N–H and O–H groups in total. The Morgan fingerprint density at radius 3 is 2.88 bits per heavy atom. The third-order valence-corrected chi connectivity index (χ3v) is 3.68. The van der Waals surface area contributed by atoms with Gasteiger partial charge in [0.2, 0.25) is 0 Å². The second-order valence-electron chi connectivity index (χ2n) is 4.78. The number of carbonyl (C=O) groups is 1. The van der Waals surface area contributed by atoms with Gasteiger partial charge in [0.25, 0.3) is 0 Å². The van der Waals surface area contributed by atoms with Crippen molar-refractivity contribution in [3.8, 4) is 0 Å². The van der Waals surface area contributed by atoms with Crippen LogP contribution in [0.25, 0.3) is 0 Å². The van der Waals surface area contributed by atoms with Crippen molar-refractivity contribution in [3.05, 3.63) is 29.8 Å². The molecule has 0 radical (unpaired) electrons.